The summed E-state index contributed by atoms with van der Waals surface area (Å²) >= 11 is 0. The van der Waals surface area contributed by atoms with Crippen LogP contribution in [0.5, 0.6) is 11.5 Å². The summed E-state index contributed by atoms with van der Waals surface area (Å²) in [6.45, 7) is 4.03. The molecule has 5 nitrogen and oxygen atoms in total. The summed E-state index contributed by atoms with van der Waals surface area (Å²) in [6, 6.07) is 15.3. The van der Waals surface area contributed by atoms with Gasteiger partial charge in [-0.1, -0.05) is 43.0 Å². The molecule has 1 atom stereocenters. The van der Waals surface area contributed by atoms with E-state index in [2.05, 4.69) is 18.8 Å². The molecule has 0 bridgehead atoms. The van der Waals surface area contributed by atoms with Gasteiger partial charge in [0.1, 0.15) is 31.3 Å². The van der Waals surface area contributed by atoms with Gasteiger partial charge in [0.05, 0.1) is 6.10 Å². The van der Waals surface area contributed by atoms with Gasteiger partial charge in [-0.2, -0.15) is 0 Å². The lowest BCUT2D eigenvalue weighted by molar-refractivity contribution is -0.146. The fourth-order valence-electron chi connectivity index (χ4n) is 3.18. The summed E-state index contributed by atoms with van der Waals surface area (Å²) in [7, 11) is 0. The lowest BCUT2D eigenvalue weighted by atomic mass is 9.73. The maximum Gasteiger partial charge on any atom is 0.305 e. The minimum absolute atomic E-state index is 0.0159. The number of hydrogen-bond donors (Lipinski definition) is 1. The molecule has 0 radical (unpaired) electrons. The maximum absolute atomic E-state index is 12.2. The van der Waals surface area contributed by atoms with E-state index in [0.29, 0.717) is 17.9 Å². The van der Waals surface area contributed by atoms with Crippen molar-refractivity contribution in [3.05, 3.63) is 59.7 Å². The van der Waals surface area contributed by atoms with E-state index >= 15 is 0 Å². The zero-order chi connectivity index (χ0) is 22.7. The van der Waals surface area contributed by atoms with Crippen LogP contribution in [-0.4, -0.2) is 37.0 Å². The Bertz CT molecular complexity index is 853. The Morgan fingerprint density at radius 1 is 0.968 bits per heavy atom. The van der Waals surface area contributed by atoms with E-state index in [0.717, 1.165) is 11.1 Å². The van der Waals surface area contributed by atoms with E-state index in [1.807, 2.05) is 48.5 Å². The number of benzene rings is 2. The molecular weight excluding hydrogens is 392 g/mol. The van der Waals surface area contributed by atoms with Crippen LogP contribution in [0.2, 0.25) is 0 Å². The Labute approximate surface area is 184 Å². The van der Waals surface area contributed by atoms with Gasteiger partial charge in [-0.3, -0.25) is 4.79 Å². The zero-order valence-corrected chi connectivity index (χ0v) is 18.0. The number of carbonyl (C=O) groups is 1. The van der Waals surface area contributed by atoms with Crippen LogP contribution >= 0.6 is 0 Å². The summed E-state index contributed by atoms with van der Waals surface area (Å²) in [5, 5.41) is 9.34. The average Bonchev–Trinajstić information content (AvgIpc) is 2.79. The van der Waals surface area contributed by atoms with Crippen LogP contribution in [-0.2, 0) is 14.9 Å². The molecule has 1 N–H and O–H groups in total. The topological polar surface area (TPSA) is 65.0 Å². The first-order chi connectivity index (χ1) is 14.9. The van der Waals surface area contributed by atoms with Gasteiger partial charge in [-0.05, 0) is 48.7 Å². The Morgan fingerprint density at radius 2 is 1.42 bits per heavy atom. The molecule has 162 valence electrons. The fraction of sp³-hybridized carbons (Fsp3) is 0.346. The smallest absolute Gasteiger partial charge is 0.305 e. The van der Waals surface area contributed by atoms with E-state index in [-0.39, 0.29) is 32.2 Å². The molecule has 2 rings (SSSR count). The molecule has 0 aliphatic carbocycles. The summed E-state index contributed by atoms with van der Waals surface area (Å²) in [5.74, 6) is 5.89. The summed E-state index contributed by atoms with van der Waals surface area (Å²) in [6.07, 6.45) is 10.5. The molecule has 0 spiro atoms. The van der Waals surface area contributed by atoms with Gasteiger partial charge in [0.15, 0.2) is 0 Å². The zero-order valence-electron chi connectivity index (χ0n) is 18.0. The minimum Gasteiger partial charge on any atom is -0.481 e. The van der Waals surface area contributed by atoms with Crippen LogP contribution in [0.15, 0.2) is 48.5 Å². The Kier molecular flexibility index (Phi) is 9.00. The standard InChI is InChI=1S/C26H28O5/c1-5-17-29-23-11-7-21(8-12-23)26(4,16-15-25(28)31-19-20(3)27)22-9-13-24(14-10-22)30-18-6-2/h1-2,7-14,20,27H,15-19H2,3-4H3. The lowest BCUT2D eigenvalue weighted by Crippen LogP contribution is -2.26. The molecule has 0 saturated heterocycles. The van der Waals surface area contributed by atoms with Gasteiger partial charge in [-0.25, -0.2) is 0 Å². The predicted molar refractivity (Wildman–Crippen MR) is 120 cm³/mol. The number of ether oxygens (including phenoxy) is 3. The van der Waals surface area contributed by atoms with Gasteiger partial charge >= 0.3 is 5.97 Å². The third-order valence-electron chi connectivity index (χ3n) is 4.94. The number of esters is 1. The highest BCUT2D eigenvalue weighted by molar-refractivity contribution is 5.69. The summed E-state index contributed by atoms with van der Waals surface area (Å²) < 4.78 is 16.1. The van der Waals surface area contributed by atoms with Crippen molar-refractivity contribution in [1.29, 1.82) is 0 Å². The lowest BCUT2D eigenvalue weighted by Gasteiger charge is -2.31. The van der Waals surface area contributed by atoms with Crippen molar-refractivity contribution in [2.75, 3.05) is 19.8 Å². The molecule has 0 aromatic heterocycles. The summed E-state index contributed by atoms with van der Waals surface area (Å²) in [4.78, 5) is 12.2. The van der Waals surface area contributed by atoms with Crippen molar-refractivity contribution in [2.24, 2.45) is 0 Å². The Balaban J connectivity index is 2.27. The van der Waals surface area contributed by atoms with E-state index in [1.165, 1.54) is 0 Å². The molecule has 0 amide bonds. The second kappa shape index (κ2) is 11.7. The van der Waals surface area contributed by atoms with E-state index in [4.69, 9.17) is 27.1 Å². The quantitative estimate of drug-likeness (QED) is 0.443. The van der Waals surface area contributed by atoms with E-state index < -0.39 is 11.5 Å². The molecule has 0 aliphatic heterocycles. The SMILES string of the molecule is C#CCOc1ccc(C(C)(CCC(=O)OCC(C)O)c2ccc(OCC#C)cc2)cc1. The third-order valence-corrected chi connectivity index (χ3v) is 4.94. The highest BCUT2D eigenvalue weighted by Crippen LogP contribution is 2.38. The van der Waals surface area contributed by atoms with Crippen LogP contribution in [0.4, 0.5) is 0 Å². The van der Waals surface area contributed by atoms with Gasteiger partial charge < -0.3 is 19.3 Å². The van der Waals surface area contributed by atoms with Crippen molar-refractivity contribution < 1.29 is 24.1 Å². The first-order valence-corrected chi connectivity index (χ1v) is 10.1. The van der Waals surface area contributed by atoms with Crippen LogP contribution in [0.25, 0.3) is 0 Å². The number of carbonyl (C=O) groups excluding carboxylic acids is 1. The number of rotatable bonds is 11. The first kappa shape index (κ1) is 23.9. The largest absolute Gasteiger partial charge is 0.481 e. The number of terminal acetylenes is 2. The fourth-order valence-corrected chi connectivity index (χ4v) is 3.18. The predicted octanol–water partition coefficient (Wildman–Crippen LogP) is 3.72. The van der Waals surface area contributed by atoms with Crippen molar-refractivity contribution in [2.45, 2.75) is 38.2 Å². The van der Waals surface area contributed by atoms with Crippen molar-refractivity contribution in [3.8, 4) is 36.2 Å². The van der Waals surface area contributed by atoms with Crippen molar-refractivity contribution >= 4 is 5.97 Å². The molecule has 0 saturated carbocycles. The van der Waals surface area contributed by atoms with Crippen molar-refractivity contribution in [3.63, 3.8) is 0 Å². The minimum atomic E-state index is -0.693. The monoisotopic (exact) mass is 420 g/mol. The molecule has 0 heterocycles. The Morgan fingerprint density at radius 3 is 1.81 bits per heavy atom. The Hall–Kier alpha value is -3.41. The number of aliphatic hydroxyl groups is 1. The second-order valence-electron chi connectivity index (χ2n) is 7.40. The first-order valence-electron chi connectivity index (χ1n) is 10.1. The highest BCUT2D eigenvalue weighted by Gasteiger charge is 2.30. The van der Waals surface area contributed by atoms with E-state index in [1.54, 1.807) is 6.92 Å². The van der Waals surface area contributed by atoms with Crippen molar-refractivity contribution in [1.82, 2.24) is 0 Å². The molecule has 1 unspecified atom stereocenters. The molecular formula is C26H28O5. The number of aliphatic hydroxyl groups excluding tert-OH is 1. The van der Waals surface area contributed by atoms with Crippen LogP contribution in [0.1, 0.15) is 37.8 Å². The highest BCUT2D eigenvalue weighted by atomic mass is 16.5. The second-order valence-corrected chi connectivity index (χ2v) is 7.40. The molecule has 0 aliphatic rings. The third kappa shape index (κ3) is 7.10. The maximum atomic E-state index is 12.2. The molecule has 0 fully saturated rings. The molecule has 31 heavy (non-hydrogen) atoms. The van der Waals surface area contributed by atoms with Crippen LogP contribution < -0.4 is 9.47 Å². The molecule has 2 aromatic carbocycles. The van der Waals surface area contributed by atoms with Gasteiger partial charge in [-0.15, -0.1) is 12.8 Å². The van der Waals surface area contributed by atoms with Gasteiger partial charge in [0, 0.05) is 11.8 Å². The summed E-state index contributed by atoms with van der Waals surface area (Å²) in [5.41, 5.74) is 1.56. The number of hydrogen-bond acceptors (Lipinski definition) is 5. The normalized spacial score (nSPS) is 11.6. The van der Waals surface area contributed by atoms with Gasteiger partial charge in [0.2, 0.25) is 0 Å². The van der Waals surface area contributed by atoms with Gasteiger partial charge in [0.25, 0.3) is 0 Å². The average molecular weight is 421 g/mol. The van der Waals surface area contributed by atoms with Crippen LogP contribution in [0.3, 0.4) is 0 Å². The van der Waals surface area contributed by atoms with E-state index in [9.17, 15) is 9.90 Å². The molecule has 5 heteroatoms. The molecule has 2 aromatic rings. The van der Waals surface area contributed by atoms with Crippen LogP contribution in [0, 0.1) is 24.7 Å².